The lowest BCUT2D eigenvalue weighted by molar-refractivity contribution is -0.133. The smallest absolute Gasteiger partial charge is 0.275 e. The first-order chi connectivity index (χ1) is 19.4. The van der Waals surface area contributed by atoms with Gasteiger partial charge in [-0.05, 0) is 79.3 Å². The number of nitrogens with one attached hydrogen (secondary N) is 2. The number of hydrogen-bond acceptors (Lipinski definition) is 4. The minimum atomic E-state index is -0.654. The quantitative estimate of drug-likeness (QED) is 0.199. The van der Waals surface area contributed by atoms with Crippen molar-refractivity contribution in [2.75, 3.05) is 6.54 Å². The van der Waals surface area contributed by atoms with Crippen molar-refractivity contribution in [3.63, 3.8) is 0 Å². The predicted octanol–water partition coefficient (Wildman–Crippen LogP) is 7.15. The van der Waals surface area contributed by atoms with E-state index in [9.17, 15) is 9.59 Å². The second-order valence-corrected chi connectivity index (χ2v) is 12.9. The van der Waals surface area contributed by atoms with Crippen LogP contribution < -0.4 is 11.1 Å². The first kappa shape index (κ1) is 31.0. The summed E-state index contributed by atoms with van der Waals surface area (Å²) >= 11 is 12.7. The SMILES string of the molecule is CCCC(c1ccc(C(=O)NCC(=N)N)cc1)N1C(=O)C(c2cc(Cl)cc(Cl)c2)=NC12CCC(C(C)(C)CC)CC2. The molecule has 2 aromatic carbocycles. The average molecular weight is 599 g/mol. The second kappa shape index (κ2) is 12.5. The third kappa shape index (κ3) is 6.62. The number of amidine groups is 1. The van der Waals surface area contributed by atoms with Crippen LogP contribution in [0.3, 0.4) is 0 Å². The Balaban J connectivity index is 1.72. The van der Waals surface area contributed by atoms with Gasteiger partial charge in [0.25, 0.3) is 11.8 Å². The third-order valence-corrected chi connectivity index (χ3v) is 9.44. The largest absolute Gasteiger partial charge is 0.386 e. The van der Waals surface area contributed by atoms with Crippen LogP contribution in [0.15, 0.2) is 47.5 Å². The van der Waals surface area contributed by atoms with Gasteiger partial charge in [0.05, 0.1) is 12.6 Å². The molecule has 1 aliphatic heterocycles. The van der Waals surface area contributed by atoms with Crippen LogP contribution in [0.25, 0.3) is 0 Å². The Morgan fingerprint density at radius 1 is 1.15 bits per heavy atom. The molecule has 2 amide bonds. The fourth-order valence-electron chi connectivity index (χ4n) is 6.28. The topological polar surface area (TPSA) is 112 Å². The van der Waals surface area contributed by atoms with Gasteiger partial charge in [0, 0.05) is 21.2 Å². The fourth-order valence-corrected chi connectivity index (χ4v) is 6.80. The Labute approximate surface area is 253 Å². The molecule has 0 aromatic heterocycles. The molecule has 220 valence electrons. The van der Waals surface area contributed by atoms with E-state index in [-0.39, 0.29) is 35.7 Å². The van der Waals surface area contributed by atoms with Crippen molar-refractivity contribution in [3.8, 4) is 0 Å². The molecule has 2 aliphatic rings. The molecule has 1 atom stereocenters. The molecule has 0 bridgehead atoms. The number of nitrogens with zero attached hydrogens (tertiary/aromatic N) is 2. The van der Waals surface area contributed by atoms with Gasteiger partial charge in [-0.15, -0.1) is 0 Å². The van der Waals surface area contributed by atoms with E-state index in [1.807, 2.05) is 17.0 Å². The van der Waals surface area contributed by atoms with Gasteiger partial charge < -0.3 is 16.0 Å². The van der Waals surface area contributed by atoms with Gasteiger partial charge in [0.1, 0.15) is 17.2 Å². The molecule has 0 saturated heterocycles. The van der Waals surface area contributed by atoms with E-state index in [0.29, 0.717) is 32.8 Å². The van der Waals surface area contributed by atoms with Crippen LogP contribution >= 0.6 is 23.2 Å². The molecular formula is C32H41Cl2N5O2. The van der Waals surface area contributed by atoms with Crippen molar-refractivity contribution in [2.45, 2.75) is 84.3 Å². The highest BCUT2D eigenvalue weighted by Crippen LogP contribution is 2.50. The number of aliphatic imine (C=N–C) groups is 1. The van der Waals surface area contributed by atoms with Crippen LogP contribution in [0.2, 0.25) is 10.0 Å². The summed E-state index contributed by atoms with van der Waals surface area (Å²) in [5.74, 6) is 0.0446. The van der Waals surface area contributed by atoms with Crippen molar-refractivity contribution in [3.05, 3.63) is 69.2 Å². The molecule has 0 radical (unpaired) electrons. The number of rotatable bonds is 10. The summed E-state index contributed by atoms with van der Waals surface area (Å²) in [6.07, 6.45) is 6.29. The monoisotopic (exact) mass is 597 g/mol. The first-order valence-electron chi connectivity index (χ1n) is 14.5. The van der Waals surface area contributed by atoms with Gasteiger partial charge in [-0.3, -0.25) is 20.0 Å². The molecule has 4 rings (SSSR count). The highest BCUT2D eigenvalue weighted by molar-refractivity contribution is 6.47. The number of hydrogen-bond donors (Lipinski definition) is 3. The molecule has 1 saturated carbocycles. The Hall–Kier alpha value is -2.90. The minimum Gasteiger partial charge on any atom is -0.386 e. The standard InChI is InChI=1S/C32H41Cl2N5O2/c1-5-7-26(20-8-10-21(11-9-20)29(40)37-19-27(35)36)39-30(41)28(22-16-24(33)18-25(34)17-22)38-32(39)14-12-23(13-15-32)31(3,4)6-2/h8-11,16-18,23,26H,5-7,12-15,19H2,1-4H3,(H3,35,36)(H,37,40). The van der Waals surface area contributed by atoms with Gasteiger partial charge in [0.2, 0.25) is 0 Å². The summed E-state index contributed by atoms with van der Waals surface area (Å²) in [4.78, 5) is 34.1. The van der Waals surface area contributed by atoms with Crippen molar-refractivity contribution < 1.29 is 9.59 Å². The van der Waals surface area contributed by atoms with E-state index < -0.39 is 5.66 Å². The molecule has 1 spiro atoms. The fraction of sp³-hybridized carbons (Fsp3) is 0.500. The number of nitrogens with two attached hydrogens (primary N) is 1. The summed E-state index contributed by atoms with van der Waals surface area (Å²) in [6, 6.07) is 12.3. The molecule has 2 aromatic rings. The molecule has 4 N–H and O–H groups in total. The molecule has 1 aliphatic carbocycles. The van der Waals surface area contributed by atoms with Crippen LogP contribution in [0.5, 0.6) is 0 Å². The van der Waals surface area contributed by atoms with Crippen molar-refractivity contribution in [1.82, 2.24) is 10.2 Å². The number of carbonyl (C=O) groups excluding carboxylic acids is 2. The molecule has 1 unspecified atom stereocenters. The van der Waals surface area contributed by atoms with Crippen molar-refractivity contribution in [2.24, 2.45) is 22.1 Å². The maximum Gasteiger partial charge on any atom is 0.275 e. The van der Waals surface area contributed by atoms with Gasteiger partial charge >= 0.3 is 0 Å². The summed E-state index contributed by atoms with van der Waals surface area (Å²) in [5, 5.41) is 10.9. The maximum absolute atomic E-state index is 14.4. The van der Waals surface area contributed by atoms with Crippen molar-refractivity contribution in [1.29, 1.82) is 5.41 Å². The second-order valence-electron chi connectivity index (χ2n) is 12.0. The zero-order valence-corrected chi connectivity index (χ0v) is 25.9. The van der Waals surface area contributed by atoms with E-state index in [4.69, 9.17) is 39.3 Å². The van der Waals surface area contributed by atoms with Crippen LogP contribution in [0.4, 0.5) is 0 Å². The van der Waals surface area contributed by atoms with E-state index in [1.165, 1.54) is 0 Å². The lowest BCUT2D eigenvalue weighted by atomic mass is 9.67. The average Bonchev–Trinajstić information content (AvgIpc) is 3.21. The highest BCUT2D eigenvalue weighted by atomic mass is 35.5. The molecule has 41 heavy (non-hydrogen) atoms. The number of carbonyl (C=O) groups is 2. The van der Waals surface area contributed by atoms with E-state index in [1.54, 1.807) is 30.3 Å². The zero-order chi connectivity index (χ0) is 29.9. The number of benzene rings is 2. The van der Waals surface area contributed by atoms with Gasteiger partial charge in [-0.2, -0.15) is 0 Å². The van der Waals surface area contributed by atoms with E-state index in [0.717, 1.165) is 50.5 Å². The number of amides is 2. The number of halogens is 2. The van der Waals surface area contributed by atoms with Gasteiger partial charge in [-0.25, -0.2) is 0 Å². The van der Waals surface area contributed by atoms with Crippen LogP contribution in [0, 0.1) is 16.7 Å². The molecule has 1 fully saturated rings. The Kier molecular flexibility index (Phi) is 9.49. The Bertz CT molecular complexity index is 1310. The molecular weight excluding hydrogens is 557 g/mol. The van der Waals surface area contributed by atoms with Crippen LogP contribution in [-0.2, 0) is 4.79 Å². The molecule has 1 heterocycles. The van der Waals surface area contributed by atoms with Gasteiger partial charge in [-0.1, -0.05) is 75.9 Å². The normalized spacial score (nSPS) is 21.6. The first-order valence-corrected chi connectivity index (χ1v) is 15.3. The van der Waals surface area contributed by atoms with Crippen LogP contribution in [-0.4, -0.2) is 40.5 Å². The maximum atomic E-state index is 14.4. The summed E-state index contributed by atoms with van der Waals surface area (Å²) in [6.45, 7) is 9.03. The predicted molar refractivity (Wildman–Crippen MR) is 167 cm³/mol. The van der Waals surface area contributed by atoms with E-state index in [2.05, 4.69) is 33.0 Å². The van der Waals surface area contributed by atoms with Crippen molar-refractivity contribution >= 4 is 46.6 Å². The summed E-state index contributed by atoms with van der Waals surface area (Å²) in [5.41, 5.74) is 7.43. The zero-order valence-electron chi connectivity index (χ0n) is 24.4. The lowest BCUT2D eigenvalue weighted by Gasteiger charge is -2.48. The summed E-state index contributed by atoms with van der Waals surface area (Å²) < 4.78 is 0. The molecule has 9 heteroatoms. The lowest BCUT2D eigenvalue weighted by Crippen LogP contribution is -2.51. The molecule has 7 nitrogen and oxygen atoms in total. The van der Waals surface area contributed by atoms with Crippen LogP contribution in [0.1, 0.15) is 100 Å². The van der Waals surface area contributed by atoms with E-state index >= 15 is 0 Å². The Morgan fingerprint density at radius 3 is 2.29 bits per heavy atom. The highest BCUT2D eigenvalue weighted by Gasteiger charge is 2.52. The Morgan fingerprint density at radius 2 is 1.76 bits per heavy atom. The minimum absolute atomic E-state index is 0.00664. The van der Waals surface area contributed by atoms with Gasteiger partial charge in [0.15, 0.2) is 0 Å². The summed E-state index contributed by atoms with van der Waals surface area (Å²) in [7, 11) is 0. The third-order valence-electron chi connectivity index (χ3n) is 9.00.